The zero-order chi connectivity index (χ0) is 13.8. The number of aromatic nitrogens is 1. The normalized spacial score (nSPS) is 12.7. The van der Waals surface area contributed by atoms with Gasteiger partial charge in [-0.2, -0.15) is 0 Å². The van der Waals surface area contributed by atoms with E-state index in [2.05, 4.69) is 42.2 Å². The van der Waals surface area contributed by atoms with E-state index in [-0.39, 0.29) is 0 Å². The number of hydrogen-bond acceptors (Lipinski definition) is 2. The molecule has 0 saturated carbocycles. The van der Waals surface area contributed by atoms with Crippen molar-refractivity contribution in [3.05, 3.63) is 66.1 Å². The summed E-state index contributed by atoms with van der Waals surface area (Å²) in [6, 6.07) is 18.6. The molecule has 0 radical (unpaired) electrons. The molecule has 3 rings (SSSR count). The molecule has 2 heteroatoms. The van der Waals surface area contributed by atoms with Crippen molar-refractivity contribution in [2.75, 3.05) is 0 Å². The van der Waals surface area contributed by atoms with Crippen LogP contribution in [0, 0.1) is 5.92 Å². The van der Waals surface area contributed by atoms with Crippen molar-refractivity contribution in [3.8, 4) is 0 Å². The predicted octanol–water partition coefficient (Wildman–Crippen LogP) is 4.64. The number of nitrogens with zero attached hydrogens (tertiary/aromatic N) is 1. The summed E-state index contributed by atoms with van der Waals surface area (Å²) in [5.74, 6) is 1.43. The molecule has 0 unspecified atom stereocenters. The van der Waals surface area contributed by atoms with E-state index in [0.717, 1.165) is 36.3 Å². The molecule has 3 aromatic rings. The minimum absolute atomic E-state index is 0.572. The minimum Gasteiger partial charge on any atom is -0.441 e. The molecule has 20 heavy (non-hydrogen) atoms. The van der Waals surface area contributed by atoms with Gasteiger partial charge in [-0.25, -0.2) is 4.98 Å². The summed E-state index contributed by atoms with van der Waals surface area (Å²) < 4.78 is 5.78. The summed E-state index contributed by atoms with van der Waals surface area (Å²) in [6.45, 7) is 2.26. The minimum atomic E-state index is 0.572. The quantitative estimate of drug-likeness (QED) is 0.671. The van der Waals surface area contributed by atoms with Crippen molar-refractivity contribution in [3.63, 3.8) is 0 Å². The van der Waals surface area contributed by atoms with Crippen molar-refractivity contribution >= 4 is 11.1 Å². The average molecular weight is 265 g/mol. The third-order valence-electron chi connectivity index (χ3n) is 3.63. The number of benzene rings is 2. The van der Waals surface area contributed by atoms with E-state index in [1.165, 1.54) is 5.56 Å². The van der Waals surface area contributed by atoms with E-state index in [4.69, 9.17) is 4.42 Å². The van der Waals surface area contributed by atoms with Crippen LogP contribution in [0.1, 0.15) is 24.8 Å². The summed E-state index contributed by atoms with van der Waals surface area (Å²) in [7, 11) is 0. The lowest BCUT2D eigenvalue weighted by molar-refractivity contribution is 0.444. The van der Waals surface area contributed by atoms with Crippen LogP contribution in [0.5, 0.6) is 0 Å². The largest absolute Gasteiger partial charge is 0.441 e. The van der Waals surface area contributed by atoms with Crippen molar-refractivity contribution < 1.29 is 4.42 Å². The fourth-order valence-electron chi connectivity index (χ4n) is 2.47. The Balaban J connectivity index is 1.59. The number of para-hydroxylation sites is 2. The van der Waals surface area contributed by atoms with Gasteiger partial charge in [-0.1, -0.05) is 49.4 Å². The van der Waals surface area contributed by atoms with Crippen molar-refractivity contribution in [1.29, 1.82) is 0 Å². The highest BCUT2D eigenvalue weighted by Gasteiger charge is 2.10. The summed E-state index contributed by atoms with van der Waals surface area (Å²) in [4.78, 5) is 4.54. The summed E-state index contributed by atoms with van der Waals surface area (Å²) >= 11 is 0. The number of rotatable bonds is 5. The highest BCUT2D eigenvalue weighted by molar-refractivity contribution is 5.72. The van der Waals surface area contributed by atoms with E-state index >= 15 is 0 Å². The molecule has 0 aliphatic heterocycles. The van der Waals surface area contributed by atoms with Crippen LogP contribution < -0.4 is 0 Å². The molecule has 2 nitrogen and oxygen atoms in total. The summed E-state index contributed by atoms with van der Waals surface area (Å²) in [5.41, 5.74) is 3.24. The van der Waals surface area contributed by atoms with Gasteiger partial charge in [0.05, 0.1) is 0 Å². The van der Waals surface area contributed by atoms with E-state index < -0.39 is 0 Å². The molecule has 0 fully saturated rings. The maximum absolute atomic E-state index is 5.78. The standard InChI is InChI=1S/C18H19NO/c1-14(11-12-15-7-3-2-4-8-15)13-18-19-16-9-5-6-10-17(16)20-18/h2-10,14H,11-13H2,1H3/t14-/m0/s1. The van der Waals surface area contributed by atoms with Gasteiger partial charge in [-0.05, 0) is 36.5 Å². The van der Waals surface area contributed by atoms with Gasteiger partial charge in [0.1, 0.15) is 5.52 Å². The van der Waals surface area contributed by atoms with Crippen LogP contribution in [0.2, 0.25) is 0 Å². The molecule has 0 bridgehead atoms. The topological polar surface area (TPSA) is 26.0 Å². The molecule has 2 aromatic carbocycles. The lowest BCUT2D eigenvalue weighted by atomic mass is 9.98. The second-order valence-electron chi connectivity index (χ2n) is 5.41. The van der Waals surface area contributed by atoms with Crippen LogP contribution in [0.3, 0.4) is 0 Å². The molecule has 1 atom stereocenters. The molecule has 0 saturated heterocycles. The van der Waals surface area contributed by atoms with Gasteiger partial charge < -0.3 is 4.42 Å². The van der Waals surface area contributed by atoms with Gasteiger partial charge in [0, 0.05) is 6.42 Å². The number of aryl methyl sites for hydroxylation is 1. The Labute approximate surface area is 119 Å². The van der Waals surface area contributed by atoms with E-state index in [0.29, 0.717) is 5.92 Å². The third kappa shape index (κ3) is 3.08. The predicted molar refractivity (Wildman–Crippen MR) is 81.6 cm³/mol. The molecule has 0 aliphatic carbocycles. The summed E-state index contributed by atoms with van der Waals surface area (Å²) in [5, 5.41) is 0. The SMILES string of the molecule is C[C@@H](CCc1ccccc1)Cc1nc2ccccc2o1. The van der Waals surface area contributed by atoms with E-state index in [1.807, 2.05) is 24.3 Å². The molecule has 102 valence electrons. The second kappa shape index (κ2) is 5.91. The second-order valence-corrected chi connectivity index (χ2v) is 5.41. The fraction of sp³-hybridized carbons (Fsp3) is 0.278. The lowest BCUT2D eigenvalue weighted by Crippen LogP contribution is -2.02. The first kappa shape index (κ1) is 12.9. The first-order valence-electron chi connectivity index (χ1n) is 7.19. The van der Waals surface area contributed by atoms with Gasteiger partial charge in [-0.15, -0.1) is 0 Å². The first-order valence-corrected chi connectivity index (χ1v) is 7.19. The lowest BCUT2D eigenvalue weighted by Gasteiger charge is -2.08. The van der Waals surface area contributed by atoms with Gasteiger partial charge in [0.15, 0.2) is 11.5 Å². The van der Waals surface area contributed by atoms with E-state index in [1.54, 1.807) is 0 Å². The molecule has 0 aliphatic rings. The molecule has 0 spiro atoms. The van der Waals surface area contributed by atoms with Crippen LogP contribution in [0.15, 0.2) is 59.0 Å². The van der Waals surface area contributed by atoms with Gasteiger partial charge in [0.25, 0.3) is 0 Å². The molecule has 0 amide bonds. The van der Waals surface area contributed by atoms with Crippen LogP contribution >= 0.6 is 0 Å². The highest BCUT2D eigenvalue weighted by Crippen LogP contribution is 2.19. The Morgan fingerprint density at radius 2 is 1.75 bits per heavy atom. The molecule has 1 heterocycles. The van der Waals surface area contributed by atoms with Crippen LogP contribution in [-0.4, -0.2) is 4.98 Å². The molecule has 1 aromatic heterocycles. The number of hydrogen-bond donors (Lipinski definition) is 0. The Kier molecular flexibility index (Phi) is 3.82. The van der Waals surface area contributed by atoms with E-state index in [9.17, 15) is 0 Å². The average Bonchev–Trinajstić information content (AvgIpc) is 2.88. The first-order chi connectivity index (χ1) is 9.81. The van der Waals surface area contributed by atoms with Crippen molar-refractivity contribution in [1.82, 2.24) is 4.98 Å². The third-order valence-corrected chi connectivity index (χ3v) is 3.63. The zero-order valence-corrected chi connectivity index (χ0v) is 11.8. The molecular formula is C18H19NO. The highest BCUT2D eigenvalue weighted by atomic mass is 16.3. The van der Waals surface area contributed by atoms with Crippen LogP contribution in [-0.2, 0) is 12.8 Å². The van der Waals surface area contributed by atoms with Gasteiger partial charge in [0.2, 0.25) is 0 Å². The number of oxazole rings is 1. The Morgan fingerprint density at radius 1 is 1.00 bits per heavy atom. The monoisotopic (exact) mass is 265 g/mol. The Bertz CT molecular complexity index is 639. The summed E-state index contributed by atoms with van der Waals surface area (Å²) in [6.07, 6.45) is 3.17. The van der Waals surface area contributed by atoms with Gasteiger partial charge >= 0.3 is 0 Å². The van der Waals surface area contributed by atoms with Crippen LogP contribution in [0.4, 0.5) is 0 Å². The maximum atomic E-state index is 5.78. The fourth-order valence-corrected chi connectivity index (χ4v) is 2.47. The number of fused-ring (bicyclic) bond motifs is 1. The Morgan fingerprint density at radius 3 is 2.55 bits per heavy atom. The Hall–Kier alpha value is -2.09. The van der Waals surface area contributed by atoms with Crippen molar-refractivity contribution in [2.45, 2.75) is 26.2 Å². The van der Waals surface area contributed by atoms with Crippen molar-refractivity contribution in [2.24, 2.45) is 5.92 Å². The molecular weight excluding hydrogens is 246 g/mol. The smallest absolute Gasteiger partial charge is 0.195 e. The van der Waals surface area contributed by atoms with Gasteiger partial charge in [-0.3, -0.25) is 0 Å². The zero-order valence-electron chi connectivity index (χ0n) is 11.8. The molecule has 0 N–H and O–H groups in total. The maximum Gasteiger partial charge on any atom is 0.195 e. The van der Waals surface area contributed by atoms with Crippen LogP contribution in [0.25, 0.3) is 11.1 Å².